The molecule has 3 fully saturated rings. The summed E-state index contributed by atoms with van der Waals surface area (Å²) >= 11 is 2.00. The largest absolute Gasteiger partial charge is 0.377 e. The third-order valence-corrected chi connectivity index (χ3v) is 6.59. The molecule has 21 heavy (non-hydrogen) atoms. The molecule has 3 unspecified atom stereocenters. The van der Waals surface area contributed by atoms with Crippen LogP contribution < -0.4 is 11.1 Å². The van der Waals surface area contributed by atoms with Crippen LogP contribution in [0.2, 0.25) is 0 Å². The number of nitrogens with zero attached hydrogens (tertiary/aromatic N) is 1. The fourth-order valence-electron chi connectivity index (χ4n) is 4.14. The third-order valence-electron chi connectivity index (χ3n) is 5.65. The number of nitrogens with one attached hydrogen (secondary N) is 1. The van der Waals surface area contributed by atoms with Crippen LogP contribution in [0.4, 0.5) is 0 Å². The number of rotatable bonds is 4. The molecule has 2 aliphatic heterocycles. The Labute approximate surface area is 131 Å². The molecule has 2 saturated heterocycles. The number of hydrogen-bond acceptors (Lipinski definition) is 5. The van der Waals surface area contributed by atoms with E-state index in [0.29, 0.717) is 6.54 Å². The Kier molecular flexibility index (Phi) is 4.25. The molecule has 0 radical (unpaired) electrons. The highest BCUT2D eigenvalue weighted by atomic mass is 32.2. The minimum Gasteiger partial charge on any atom is -0.377 e. The Morgan fingerprint density at radius 1 is 1.43 bits per heavy atom. The SMILES string of the molecule is CC1(C)C2OCCC2C1(N)C(=O)NCCN1CCSCC1. The summed E-state index contributed by atoms with van der Waals surface area (Å²) in [6.07, 6.45) is 1.05. The van der Waals surface area contributed by atoms with Crippen LogP contribution in [0.3, 0.4) is 0 Å². The van der Waals surface area contributed by atoms with Crippen molar-refractivity contribution < 1.29 is 9.53 Å². The molecule has 5 nitrogen and oxygen atoms in total. The number of fused-ring (bicyclic) bond motifs is 1. The molecule has 0 aromatic heterocycles. The summed E-state index contributed by atoms with van der Waals surface area (Å²) in [4.78, 5) is 15.0. The lowest BCUT2D eigenvalue weighted by Gasteiger charge is -2.60. The van der Waals surface area contributed by atoms with Crippen molar-refractivity contribution in [1.82, 2.24) is 10.2 Å². The zero-order valence-corrected chi connectivity index (χ0v) is 13.9. The van der Waals surface area contributed by atoms with Crippen LogP contribution in [-0.2, 0) is 9.53 Å². The smallest absolute Gasteiger partial charge is 0.241 e. The number of carbonyl (C=O) groups is 1. The standard InChI is InChI=1S/C15H27N3O2S/c1-14(2)12-11(3-8-20-12)15(14,16)13(19)17-4-5-18-6-9-21-10-7-18/h11-12H,3-10,16H2,1-2H3,(H,17,19). The predicted octanol–water partition coefficient (Wildman–Crippen LogP) is 0.294. The van der Waals surface area contributed by atoms with Crippen LogP contribution in [0, 0.1) is 11.3 Å². The van der Waals surface area contributed by atoms with Crippen molar-refractivity contribution in [3.8, 4) is 0 Å². The van der Waals surface area contributed by atoms with Crippen LogP contribution >= 0.6 is 11.8 Å². The van der Waals surface area contributed by atoms with E-state index in [1.807, 2.05) is 11.8 Å². The second-order valence-electron chi connectivity index (χ2n) is 6.99. The topological polar surface area (TPSA) is 67.6 Å². The molecule has 6 heteroatoms. The Balaban J connectivity index is 1.52. The molecule has 1 aliphatic carbocycles. The highest BCUT2D eigenvalue weighted by Gasteiger charge is 2.71. The molecule has 3 aliphatic rings. The van der Waals surface area contributed by atoms with Gasteiger partial charge in [0.05, 0.1) is 6.10 Å². The summed E-state index contributed by atoms with van der Waals surface area (Å²) in [6, 6.07) is 0. The number of nitrogens with two attached hydrogens (primary N) is 1. The van der Waals surface area contributed by atoms with Crippen LogP contribution in [0.1, 0.15) is 20.3 Å². The second kappa shape index (κ2) is 5.72. The van der Waals surface area contributed by atoms with Crippen molar-refractivity contribution in [2.75, 3.05) is 44.3 Å². The van der Waals surface area contributed by atoms with Gasteiger partial charge in [0.15, 0.2) is 0 Å². The Hall–Kier alpha value is -0.300. The van der Waals surface area contributed by atoms with Gasteiger partial charge >= 0.3 is 0 Å². The summed E-state index contributed by atoms with van der Waals surface area (Å²) in [5.41, 5.74) is 5.47. The van der Waals surface area contributed by atoms with Crippen molar-refractivity contribution in [3.05, 3.63) is 0 Å². The maximum Gasteiger partial charge on any atom is 0.241 e. The Bertz CT molecular complexity index is 412. The van der Waals surface area contributed by atoms with Gasteiger partial charge in [0, 0.05) is 55.6 Å². The number of amides is 1. The highest BCUT2D eigenvalue weighted by molar-refractivity contribution is 7.99. The van der Waals surface area contributed by atoms with Gasteiger partial charge in [0.2, 0.25) is 5.91 Å². The molecule has 0 spiro atoms. The first-order valence-electron chi connectivity index (χ1n) is 7.97. The van der Waals surface area contributed by atoms with E-state index in [2.05, 4.69) is 24.1 Å². The van der Waals surface area contributed by atoms with E-state index in [1.165, 1.54) is 11.5 Å². The van der Waals surface area contributed by atoms with Crippen LogP contribution in [0.5, 0.6) is 0 Å². The average Bonchev–Trinajstić information content (AvgIpc) is 2.95. The first-order valence-corrected chi connectivity index (χ1v) is 9.12. The second-order valence-corrected chi connectivity index (χ2v) is 8.21. The van der Waals surface area contributed by atoms with Gasteiger partial charge in [-0.25, -0.2) is 0 Å². The summed E-state index contributed by atoms with van der Waals surface area (Å²) < 4.78 is 5.74. The van der Waals surface area contributed by atoms with E-state index >= 15 is 0 Å². The summed E-state index contributed by atoms with van der Waals surface area (Å²) in [7, 11) is 0. The molecular weight excluding hydrogens is 286 g/mol. The molecule has 3 atom stereocenters. The molecule has 3 N–H and O–H groups in total. The van der Waals surface area contributed by atoms with E-state index in [0.717, 1.165) is 32.7 Å². The van der Waals surface area contributed by atoms with Gasteiger partial charge in [-0.2, -0.15) is 11.8 Å². The average molecular weight is 313 g/mol. The fraction of sp³-hybridized carbons (Fsp3) is 0.933. The lowest BCUT2D eigenvalue weighted by molar-refractivity contribution is -0.175. The number of carbonyl (C=O) groups excluding carboxylic acids is 1. The van der Waals surface area contributed by atoms with Gasteiger partial charge in [-0.3, -0.25) is 9.69 Å². The minimum atomic E-state index is -0.772. The van der Waals surface area contributed by atoms with Gasteiger partial charge in [0.25, 0.3) is 0 Å². The first-order chi connectivity index (χ1) is 9.98. The Morgan fingerprint density at radius 2 is 2.14 bits per heavy atom. The molecule has 1 saturated carbocycles. The maximum atomic E-state index is 12.6. The van der Waals surface area contributed by atoms with E-state index in [9.17, 15) is 4.79 Å². The lowest BCUT2D eigenvalue weighted by atomic mass is 9.48. The molecule has 0 bridgehead atoms. The summed E-state index contributed by atoms with van der Waals surface area (Å²) in [5.74, 6) is 2.58. The Morgan fingerprint density at radius 3 is 2.86 bits per heavy atom. The normalized spacial score (nSPS) is 38.6. The number of thioether (sulfide) groups is 1. The van der Waals surface area contributed by atoms with Crippen molar-refractivity contribution in [3.63, 3.8) is 0 Å². The molecule has 1 amide bonds. The zero-order valence-electron chi connectivity index (χ0n) is 13.1. The van der Waals surface area contributed by atoms with Crippen LogP contribution in [0.15, 0.2) is 0 Å². The minimum absolute atomic E-state index is 0.00522. The van der Waals surface area contributed by atoms with Crippen LogP contribution in [0.25, 0.3) is 0 Å². The van der Waals surface area contributed by atoms with Gasteiger partial charge in [-0.05, 0) is 6.42 Å². The van der Waals surface area contributed by atoms with E-state index < -0.39 is 5.54 Å². The number of hydrogen-bond donors (Lipinski definition) is 2. The molecule has 3 rings (SSSR count). The quantitative estimate of drug-likeness (QED) is 0.781. The zero-order chi connectivity index (χ0) is 15.1. The van der Waals surface area contributed by atoms with E-state index in [4.69, 9.17) is 10.5 Å². The molecule has 2 heterocycles. The molecule has 0 aromatic carbocycles. The predicted molar refractivity (Wildman–Crippen MR) is 85.3 cm³/mol. The van der Waals surface area contributed by atoms with Crippen molar-refractivity contribution in [2.45, 2.75) is 31.9 Å². The van der Waals surface area contributed by atoms with Crippen molar-refractivity contribution in [1.29, 1.82) is 0 Å². The van der Waals surface area contributed by atoms with Gasteiger partial charge in [0.1, 0.15) is 5.54 Å². The monoisotopic (exact) mass is 313 g/mol. The van der Waals surface area contributed by atoms with Crippen molar-refractivity contribution in [2.24, 2.45) is 17.1 Å². The van der Waals surface area contributed by atoms with Crippen molar-refractivity contribution >= 4 is 17.7 Å². The molecule has 0 aromatic rings. The van der Waals surface area contributed by atoms with Gasteiger partial charge in [-0.15, -0.1) is 0 Å². The van der Waals surface area contributed by atoms with Gasteiger partial charge < -0.3 is 15.8 Å². The summed E-state index contributed by atoms with van der Waals surface area (Å²) in [6.45, 7) is 8.71. The fourth-order valence-corrected chi connectivity index (χ4v) is 5.12. The van der Waals surface area contributed by atoms with E-state index in [-0.39, 0.29) is 23.3 Å². The third kappa shape index (κ3) is 2.40. The maximum absolute atomic E-state index is 12.6. The highest BCUT2D eigenvalue weighted by Crippen LogP contribution is 2.58. The van der Waals surface area contributed by atoms with E-state index in [1.54, 1.807) is 0 Å². The number of ether oxygens (including phenoxy) is 1. The summed E-state index contributed by atoms with van der Waals surface area (Å²) in [5, 5.41) is 3.07. The molecular formula is C15H27N3O2S. The van der Waals surface area contributed by atoms with Crippen LogP contribution in [-0.4, -0.2) is 66.7 Å². The lowest BCUT2D eigenvalue weighted by Crippen LogP contribution is -2.80. The molecule has 120 valence electrons. The first kappa shape index (κ1) is 15.6. The van der Waals surface area contributed by atoms with Gasteiger partial charge in [-0.1, -0.05) is 13.8 Å².